The van der Waals surface area contributed by atoms with Crippen LogP contribution in [0.1, 0.15) is 33.1 Å². The van der Waals surface area contributed by atoms with Gasteiger partial charge < -0.3 is 10.1 Å². The van der Waals surface area contributed by atoms with E-state index in [0.717, 1.165) is 38.3 Å². The van der Waals surface area contributed by atoms with Crippen LogP contribution in [0.15, 0.2) is 0 Å². The zero-order valence-electron chi connectivity index (χ0n) is 10.7. The molecule has 16 heavy (non-hydrogen) atoms. The molecular weight excluding hydrogens is 200 g/mol. The second-order valence-corrected chi connectivity index (χ2v) is 5.43. The van der Waals surface area contributed by atoms with Gasteiger partial charge >= 0.3 is 0 Å². The quantitative estimate of drug-likeness (QED) is 0.786. The van der Waals surface area contributed by atoms with Crippen LogP contribution >= 0.6 is 0 Å². The lowest BCUT2D eigenvalue weighted by Gasteiger charge is -2.33. The molecule has 94 valence electrons. The smallest absolute Gasteiger partial charge is 0.0619 e. The summed E-state index contributed by atoms with van der Waals surface area (Å²) in [6, 6.07) is 1.37. The predicted octanol–water partition coefficient (Wildman–Crippen LogP) is 1.49. The number of hydrogen-bond acceptors (Lipinski definition) is 3. The summed E-state index contributed by atoms with van der Waals surface area (Å²) in [6.07, 6.45) is 4.19. The van der Waals surface area contributed by atoms with Crippen molar-refractivity contribution in [3.8, 4) is 0 Å². The fourth-order valence-corrected chi connectivity index (χ4v) is 2.94. The second kappa shape index (κ2) is 5.99. The van der Waals surface area contributed by atoms with Crippen molar-refractivity contribution in [3.05, 3.63) is 0 Å². The molecule has 1 heterocycles. The Morgan fingerprint density at radius 3 is 2.88 bits per heavy atom. The maximum atomic E-state index is 5.45. The molecular formula is C13H26N2O. The van der Waals surface area contributed by atoms with Crippen LogP contribution < -0.4 is 5.32 Å². The Hall–Kier alpha value is -0.120. The molecule has 2 rings (SSSR count). The van der Waals surface area contributed by atoms with Crippen LogP contribution in [0.2, 0.25) is 0 Å². The summed E-state index contributed by atoms with van der Waals surface area (Å²) in [5, 5.41) is 3.72. The Labute approximate surface area is 99.5 Å². The monoisotopic (exact) mass is 226 g/mol. The van der Waals surface area contributed by atoms with Gasteiger partial charge in [-0.1, -0.05) is 13.3 Å². The van der Waals surface area contributed by atoms with Crippen molar-refractivity contribution < 1.29 is 4.74 Å². The molecule has 0 radical (unpaired) electrons. The van der Waals surface area contributed by atoms with Crippen LogP contribution in [0.5, 0.6) is 0 Å². The standard InChI is InChI=1S/C13H26N2O/c1-11-4-3-5-13(11)14-6-7-15-8-9-16-10-12(15)2/h11-14H,3-10H2,1-2H3. The van der Waals surface area contributed by atoms with Gasteiger partial charge in [0, 0.05) is 31.7 Å². The van der Waals surface area contributed by atoms with Crippen molar-refractivity contribution in [3.63, 3.8) is 0 Å². The molecule has 1 saturated carbocycles. The van der Waals surface area contributed by atoms with Crippen LogP contribution in [0.3, 0.4) is 0 Å². The number of nitrogens with one attached hydrogen (secondary N) is 1. The van der Waals surface area contributed by atoms with E-state index in [-0.39, 0.29) is 0 Å². The van der Waals surface area contributed by atoms with E-state index in [9.17, 15) is 0 Å². The van der Waals surface area contributed by atoms with Crippen molar-refractivity contribution >= 4 is 0 Å². The molecule has 1 aliphatic carbocycles. The van der Waals surface area contributed by atoms with E-state index in [1.165, 1.54) is 25.8 Å². The van der Waals surface area contributed by atoms with E-state index >= 15 is 0 Å². The maximum Gasteiger partial charge on any atom is 0.0619 e. The van der Waals surface area contributed by atoms with Crippen LogP contribution in [-0.4, -0.2) is 49.8 Å². The number of ether oxygens (including phenoxy) is 1. The normalized spacial score (nSPS) is 36.8. The third kappa shape index (κ3) is 3.19. The van der Waals surface area contributed by atoms with E-state index in [0.29, 0.717) is 6.04 Å². The van der Waals surface area contributed by atoms with Gasteiger partial charge in [-0.3, -0.25) is 4.90 Å². The minimum atomic E-state index is 0.594. The van der Waals surface area contributed by atoms with Gasteiger partial charge in [0.05, 0.1) is 13.2 Å². The largest absolute Gasteiger partial charge is 0.379 e. The molecule has 1 N–H and O–H groups in total. The first-order valence-electron chi connectivity index (χ1n) is 6.82. The van der Waals surface area contributed by atoms with Crippen molar-refractivity contribution in [1.82, 2.24) is 10.2 Å². The summed E-state index contributed by atoms with van der Waals surface area (Å²) in [6.45, 7) is 9.86. The summed E-state index contributed by atoms with van der Waals surface area (Å²) in [7, 11) is 0. The number of morpholine rings is 1. The molecule has 0 amide bonds. The van der Waals surface area contributed by atoms with E-state index in [1.54, 1.807) is 0 Å². The van der Waals surface area contributed by atoms with Gasteiger partial charge in [-0.05, 0) is 25.7 Å². The van der Waals surface area contributed by atoms with Crippen molar-refractivity contribution in [2.75, 3.05) is 32.8 Å². The van der Waals surface area contributed by atoms with Gasteiger partial charge in [0.1, 0.15) is 0 Å². The molecule has 0 aromatic heterocycles. The SMILES string of the molecule is CC1CCCC1NCCN1CCOCC1C. The molecule has 3 atom stereocenters. The highest BCUT2D eigenvalue weighted by molar-refractivity contribution is 4.81. The van der Waals surface area contributed by atoms with Crippen LogP contribution in [0.4, 0.5) is 0 Å². The van der Waals surface area contributed by atoms with Crippen molar-refractivity contribution in [1.29, 1.82) is 0 Å². The van der Waals surface area contributed by atoms with Gasteiger partial charge in [-0.2, -0.15) is 0 Å². The van der Waals surface area contributed by atoms with Crippen LogP contribution in [-0.2, 0) is 4.74 Å². The van der Waals surface area contributed by atoms with E-state index in [1.807, 2.05) is 0 Å². The summed E-state index contributed by atoms with van der Waals surface area (Å²) in [5.74, 6) is 0.877. The first-order valence-corrected chi connectivity index (χ1v) is 6.82. The first-order chi connectivity index (χ1) is 7.77. The molecule has 3 unspecified atom stereocenters. The lowest BCUT2D eigenvalue weighted by Crippen LogP contribution is -2.47. The average molecular weight is 226 g/mol. The van der Waals surface area contributed by atoms with Crippen LogP contribution in [0, 0.1) is 5.92 Å². The Bertz CT molecular complexity index is 210. The summed E-state index contributed by atoms with van der Waals surface area (Å²) < 4.78 is 5.45. The minimum Gasteiger partial charge on any atom is -0.379 e. The van der Waals surface area contributed by atoms with E-state index < -0.39 is 0 Å². The molecule has 2 fully saturated rings. The first kappa shape index (κ1) is 12.3. The molecule has 3 nitrogen and oxygen atoms in total. The Kier molecular flexibility index (Phi) is 4.62. The molecule has 3 heteroatoms. The zero-order chi connectivity index (χ0) is 11.4. The van der Waals surface area contributed by atoms with E-state index in [4.69, 9.17) is 4.74 Å². The lowest BCUT2D eigenvalue weighted by molar-refractivity contribution is 0.0000661. The Morgan fingerprint density at radius 2 is 2.19 bits per heavy atom. The predicted molar refractivity (Wildman–Crippen MR) is 66.7 cm³/mol. The third-order valence-corrected chi connectivity index (χ3v) is 4.17. The summed E-state index contributed by atoms with van der Waals surface area (Å²) >= 11 is 0. The van der Waals surface area contributed by atoms with E-state index in [2.05, 4.69) is 24.1 Å². The molecule has 0 bridgehead atoms. The maximum absolute atomic E-state index is 5.45. The van der Waals surface area contributed by atoms with Gasteiger partial charge in [0.2, 0.25) is 0 Å². The second-order valence-electron chi connectivity index (χ2n) is 5.43. The number of nitrogens with zero attached hydrogens (tertiary/aromatic N) is 1. The molecule has 0 aromatic rings. The lowest BCUT2D eigenvalue weighted by atomic mass is 10.1. The molecule has 1 saturated heterocycles. The zero-order valence-corrected chi connectivity index (χ0v) is 10.7. The number of hydrogen-bond donors (Lipinski definition) is 1. The highest BCUT2D eigenvalue weighted by Crippen LogP contribution is 2.24. The Morgan fingerprint density at radius 1 is 1.31 bits per heavy atom. The number of rotatable bonds is 4. The Balaban J connectivity index is 1.63. The van der Waals surface area contributed by atoms with Crippen molar-refractivity contribution in [2.24, 2.45) is 5.92 Å². The van der Waals surface area contributed by atoms with Gasteiger partial charge in [-0.15, -0.1) is 0 Å². The molecule has 1 aliphatic heterocycles. The summed E-state index contributed by atoms with van der Waals surface area (Å²) in [4.78, 5) is 2.54. The van der Waals surface area contributed by atoms with Gasteiger partial charge in [0.25, 0.3) is 0 Å². The summed E-state index contributed by atoms with van der Waals surface area (Å²) in [5.41, 5.74) is 0. The average Bonchev–Trinajstić information content (AvgIpc) is 2.67. The van der Waals surface area contributed by atoms with Gasteiger partial charge in [-0.25, -0.2) is 0 Å². The van der Waals surface area contributed by atoms with Crippen molar-refractivity contribution in [2.45, 2.75) is 45.2 Å². The molecule has 2 aliphatic rings. The van der Waals surface area contributed by atoms with Crippen LogP contribution in [0.25, 0.3) is 0 Å². The molecule has 0 aromatic carbocycles. The fraction of sp³-hybridized carbons (Fsp3) is 1.00. The highest BCUT2D eigenvalue weighted by atomic mass is 16.5. The van der Waals surface area contributed by atoms with Gasteiger partial charge in [0.15, 0.2) is 0 Å². The fourth-order valence-electron chi connectivity index (χ4n) is 2.94. The highest BCUT2D eigenvalue weighted by Gasteiger charge is 2.23. The molecule has 0 spiro atoms. The third-order valence-electron chi connectivity index (χ3n) is 4.17. The minimum absolute atomic E-state index is 0.594. The topological polar surface area (TPSA) is 24.5 Å².